The predicted molar refractivity (Wildman–Crippen MR) is 73.3 cm³/mol. The molecule has 0 unspecified atom stereocenters. The summed E-state index contributed by atoms with van der Waals surface area (Å²) in [6, 6.07) is 5.66. The molecule has 0 aliphatic carbocycles. The van der Waals surface area contributed by atoms with Crippen molar-refractivity contribution in [1.29, 1.82) is 0 Å². The molecule has 1 aromatic carbocycles. The zero-order valence-electron chi connectivity index (χ0n) is 11.3. The normalized spacial score (nSPS) is 10.5. The minimum Gasteiger partial charge on any atom is -0.497 e. The van der Waals surface area contributed by atoms with Gasteiger partial charge in [0.05, 0.1) is 13.7 Å². The van der Waals surface area contributed by atoms with E-state index in [4.69, 9.17) is 15.2 Å². The molecule has 0 aliphatic heterocycles. The van der Waals surface area contributed by atoms with E-state index in [-0.39, 0.29) is 0 Å². The van der Waals surface area contributed by atoms with Crippen LogP contribution < -0.4 is 15.2 Å². The fraction of sp³-hybridized carbons (Fsp3) is 0.357. The van der Waals surface area contributed by atoms with Gasteiger partial charge in [0.2, 0.25) is 0 Å². The Morgan fingerprint density at radius 3 is 2.84 bits per heavy atom. The standard InChI is InChI=1S/C14H19N3O2/c1-11-16-5-6-17(11)7-8-19-14-4-3-13(18-2)9-12(14)10-15/h3-6,9H,7-8,10,15H2,1-2H3. The van der Waals surface area contributed by atoms with Crippen LogP contribution in [0.5, 0.6) is 11.5 Å². The maximum Gasteiger partial charge on any atom is 0.124 e. The Morgan fingerprint density at radius 2 is 2.21 bits per heavy atom. The second-order valence-electron chi connectivity index (χ2n) is 4.19. The molecule has 0 saturated carbocycles. The van der Waals surface area contributed by atoms with Gasteiger partial charge in [-0.2, -0.15) is 0 Å². The third kappa shape index (κ3) is 3.26. The quantitative estimate of drug-likeness (QED) is 0.860. The second kappa shape index (κ2) is 6.24. The molecule has 102 valence electrons. The Labute approximate surface area is 113 Å². The van der Waals surface area contributed by atoms with Gasteiger partial charge in [-0.05, 0) is 25.1 Å². The van der Waals surface area contributed by atoms with Crippen molar-refractivity contribution in [2.24, 2.45) is 5.73 Å². The number of nitrogens with zero attached hydrogens (tertiary/aromatic N) is 2. The number of nitrogens with two attached hydrogens (primary N) is 1. The first kappa shape index (κ1) is 13.4. The Kier molecular flexibility index (Phi) is 4.41. The molecular weight excluding hydrogens is 242 g/mol. The van der Waals surface area contributed by atoms with Gasteiger partial charge in [-0.15, -0.1) is 0 Å². The summed E-state index contributed by atoms with van der Waals surface area (Å²) in [6.07, 6.45) is 3.73. The number of methoxy groups -OCH3 is 1. The van der Waals surface area contributed by atoms with Gasteiger partial charge in [-0.3, -0.25) is 0 Å². The van der Waals surface area contributed by atoms with Crippen LogP contribution in [0.15, 0.2) is 30.6 Å². The van der Waals surface area contributed by atoms with E-state index in [0.29, 0.717) is 13.2 Å². The van der Waals surface area contributed by atoms with Crippen LogP contribution in [0.3, 0.4) is 0 Å². The molecule has 0 amide bonds. The first-order valence-corrected chi connectivity index (χ1v) is 6.22. The van der Waals surface area contributed by atoms with Crippen molar-refractivity contribution >= 4 is 0 Å². The average molecular weight is 261 g/mol. The summed E-state index contributed by atoms with van der Waals surface area (Å²) in [5.74, 6) is 2.58. The fourth-order valence-electron chi connectivity index (χ4n) is 1.88. The smallest absolute Gasteiger partial charge is 0.124 e. The monoisotopic (exact) mass is 261 g/mol. The molecule has 0 bridgehead atoms. The van der Waals surface area contributed by atoms with Crippen molar-refractivity contribution in [3.63, 3.8) is 0 Å². The van der Waals surface area contributed by atoms with Crippen LogP contribution in [0.4, 0.5) is 0 Å². The highest BCUT2D eigenvalue weighted by atomic mass is 16.5. The Morgan fingerprint density at radius 1 is 1.37 bits per heavy atom. The van der Waals surface area contributed by atoms with Gasteiger partial charge >= 0.3 is 0 Å². The van der Waals surface area contributed by atoms with Gasteiger partial charge < -0.3 is 19.8 Å². The van der Waals surface area contributed by atoms with E-state index < -0.39 is 0 Å². The average Bonchev–Trinajstić information content (AvgIpc) is 2.84. The lowest BCUT2D eigenvalue weighted by Crippen LogP contribution is -2.10. The van der Waals surface area contributed by atoms with Crippen molar-refractivity contribution < 1.29 is 9.47 Å². The molecule has 0 atom stereocenters. The zero-order valence-corrected chi connectivity index (χ0v) is 11.3. The molecule has 2 aromatic rings. The number of hydrogen-bond acceptors (Lipinski definition) is 4. The maximum absolute atomic E-state index is 5.77. The molecule has 5 nitrogen and oxygen atoms in total. The Hall–Kier alpha value is -2.01. The topological polar surface area (TPSA) is 62.3 Å². The summed E-state index contributed by atoms with van der Waals surface area (Å²) in [5, 5.41) is 0. The molecule has 0 aliphatic rings. The molecule has 2 N–H and O–H groups in total. The van der Waals surface area contributed by atoms with Crippen LogP contribution in [0, 0.1) is 6.92 Å². The van der Waals surface area contributed by atoms with E-state index in [9.17, 15) is 0 Å². The van der Waals surface area contributed by atoms with E-state index in [2.05, 4.69) is 4.98 Å². The molecule has 1 heterocycles. The number of ether oxygens (including phenoxy) is 2. The zero-order chi connectivity index (χ0) is 13.7. The molecule has 2 rings (SSSR count). The summed E-state index contributed by atoms with van der Waals surface area (Å²) in [6.45, 7) is 3.74. The third-order valence-corrected chi connectivity index (χ3v) is 3.00. The van der Waals surface area contributed by atoms with E-state index in [0.717, 1.165) is 29.4 Å². The van der Waals surface area contributed by atoms with E-state index in [1.54, 1.807) is 13.3 Å². The van der Waals surface area contributed by atoms with E-state index in [1.807, 2.05) is 35.9 Å². The maximum atomic E-state index is 5.77. The SMILES string of the molecule is COc1ccc(OCCn2ccnc2C)c(CN)c1. The molecule has 19 heavy (non-hydrogen) atoms. The summed E-state index contributed by atoms with van der Waals surface area (Å²) in [4.78, 5) is 4.17. The summed E-state index contributed by atoms with van der Waals surface area (Å²) < 4.78 is 13.0. The minimum absolute atomic E-state index is 0.427. The number of rotatable bonds is 6. The first-order chi connectivity index (χ1) is 9.24. The Balaban J connectivity index is 1.97. The molecule has 0 spiro atoms. The molecule has 0 saturated heterocycles. The first-order valence-electron chi connectivity index (χ1n) is 6.22. The highest BCUT2D eigenvalue weighted by molar-refractivity contribution is 5.40. The van der Waals surface area contributed by atoms with E-state index in [1.165, 1.54) is 0 Å². The van der Waals surface area contributed by atoms with Crippen LogP contribution in [0.1, 0.15) is 11.4 Å². The number of aromatic nitrogens is 2. The summed E-state index contributed by atoms with van der Waals surface area (Å²) in [5.41, 5.74) is 6.66. The van der Waals surface area contributed by atoms with Crippen LogP contribution in [-0.2, 0) is 13.1 Å². The van der Waals surface area contributed by atoms with Crippen molar-refractivity contribution in [2.75, 3.05) is 13.7 Å². The molecule has 5 heteroatoms. The van der Waals surface area contributed by atoms with Crippen LogP contribution in [-0.4, -0.2) is 23.3 Å². The molecule has 0 radical (unpaired) electrons. The van der Waals surface area contributed by atoms with Gasteiger partial charge in [0.25, 0.3) is 0 Å². The second-order valence-corrected chi connectivity index (χ2v) is 4.19. The largest absolute Gasteiger partial charge is 0.497 e. The van der Waals surface area contributed by atoms with Gasteiger partial charge in [0, 0.05) is 24.5 Å². The lowest BCUT2D eigenvalue weighted by atomic mass is 10.2. The molecular formula is C14H19N3O2. The van der Waals surface area contributed by atoms with Crippen LogP contribution in [0.25, 0.3) is 0 Å². The van der Waals surface area contributed by atoms with Crippen molar-refractivity contribution in [3.8, 4) is 11.5 Å². The van der Waals surface area contributed by atoms with Crippen LogP contribution >= 0.6 is 0 Å². The molecule has 1 aromatic heterocycles. The van der Waals surface area contributed by atoms with Crippen molar-refractivity contribution in [1.82, 2.24) is 9.55 Å². The highest BCUT2D eigenvalue weighted by Gasteiger charge is 2.05. The van der Waals surface area contributed by atoms with Gasteiger partial charge in [0.1, 0.15) is 23.9 Å². The summed E-state index contributed by atoms with van der Waals surface area (Å²) >= 11 is 0. The number of imidazole rings is 1. The fourth-order valence-corrected chi connectivity index (χ4v) is 1.88. The third-order valence-electron chi connectivity index (χ3n) is 3.00. The number of benzene rings is 1. The predicted octanol–water partition coefficient (Wildman–Crippen LogP) is 1.74. The number of hydrogen-bond donors (Lipinski definition) is 1. The van der Waals surface area contributed by atoms with Gasteiger partial charge in [-0.25, -0.2) is 4.98 Å². The lowest BCUT2D eigenvalue weighted by molar-refractivity contribution is 0.293. The minimum atomic E-state index is 0.427. The van der Waals surface area contributed by atoms with E-state index >= 15 is 0 Å². The van der Waals surface area contributed by atoms with Gasteiger partial charge in [0.15, 0.2) is 0 Å². The summed E-state index contributed by atoms with van der Waals surface area (Å²) in [7, 11) is 1.64. The van der Waals surface area contributed by atoms with Crippen molar-refractivity contribution in [2.45, 2.75) is 20.0 Å². The highest BCUT2D eigenvalue weighted by Crippen LogP contribution is 2.23. The number of aryl methyl sites for hydroxylation is 1. The van der Waals surface area contributed by atoms with Gasteiger partial charge in [-0.1, -0.05) is 0 Å². The van der Waals surface area contributed by atoms with Crippen molar-refractivity contribution in [3.05, 3.63) is 42.0 Å². The van der Waals surface area contributed by atoms with Crippen LogP contribution in [0.2, 0.25) is 0 Å². The lowest BCUT2D eigenvalue weighted by Gasteiger charge is -2.12. The Bertz CT molecular complexity index is 537. The molecule has 0 fully saturated rings.